The number of ether oxygens (including phenoxy) is 1. The van der Waals surface area contributed by atoms with Crippen LogP contribution in [0, 0.1) is 0 Å². The predicted molar refractivity (Wildman–Crippen MR) is 68.9 cm³/mol. The number of nitrogens with zero attached hydrogens (tertiary/aromatic N) is 1. The second-order valence-electron chi connectivity index (χ2n) is 4.10. The molecule has 3 nitrogen and oxygen atoms in total. The van der Waals surface area contributed by atoms with E-state index >= 15 is 0 Å². The molecule has 2 rings (SSSR count). The fourth-order valence-electron chi connectivity index (χ4n) is 1.63. The van der Waals surface area contributed by atoms with Crippen LogP contribution in [0.2, 0.25) is 0 Å². The van der Waals surface area contributed by atoms with Gasteiger partial charge in [-0.25, -0.2) is 0 Å². The van der Waals surface area contributed by atoms with Gasteiger partial charge in [0.2, 0.25) is 0 Å². The molecule has 0 amide bonds. The fourth-order valence-corrected chi connectivity index (χ4v) is 2.01. The van der Waals surface area contributed by atoms with Crippen molar-refractivity contribution in [1.82, 2.24) is 10.2 Å². The predicted octanol–water partition coefficient (Wildman–Crippen LogP) is 1.73. The summed E-state index contributed by atoms with van der Waals surface area (Å²) in [5, 5.41) is 3.27. The number of likely N-dealkylation sites (N-methyl/N-ethyl adjacent to an activating group) is 1. The zero-order valence-corrected chi connectivity index (χ0v) is 11.0. The Balaban J connectivity index is 1.71. The smallest absolute Gasteiger partial charge is 0.120 e. The molecule has 1 saturated heterocycles. The third-order valence-electron chi connectivity index (χ3n) is 2.89. The number of hydrogen-bond donors (Lipinski definition) is 1. The summed E-state index contributed by atoms with van der Waals surface area (Å²) in [5.74, 6) is 0.925. The van der Waals surface area contributed by atoms with Gasteiger partial charge in [0.25, 0.3) is 0 Å². The molecule has 1 fully saturated rings. The van der Waals surface area contributed by atoms with Gasteiger partial charge < -0.3 is 10.1 Å². The summed E-state index contributed by atoms with van der Waals surface area (Å²) in [6, 6.07) is 8.64. The molecular weight excluding hydrogens is 268 g/mol. The third-order valence-corrected chi connectivity index (χ3v) is 3.39. The van der Waals surface area contributed by atoms with E-state index in [0.717, 1.165) is 36.5 Å². The lowest BCUT2D eigenvalue weighted by Gasteiger charge is -2.35. The van der Waals surface area contributed by atoms with E-state index in [0.29, 0.717) is 6.04 Å². The average molecular weight is 285 g/mol. The molecule has 0 bridgehead atoms. The highest BCUT2D eigenvalue weighted by atomic mass is 79.9. The largest absolute Gasteiger partial charge is 0.492 e. The van der Waals surface area contributed by atoms with Crippen LogP contribution in [0.25, 0.3) is 0 Å². The quantitative estimate of drug-likeness (QED) is 0.891. The van der Waals surface area contributed by atoms with Gasteiger partial charge in [-0.15, -0.1) is 0 Å². The molecule has 0 aliphatic carbocycles. The second kappa shape index (κ2) is 5.66. The minimum atomic E-state index is 0.686. The lowest BCUT2D eigenvalue weighted by Crippen LogP contribution is -2.56. The number of benzene rings is 1. The van der Waals surface area contributed by atoms with Crippen molar-refractivity contribution < 1.29 is 4.74 Å². The highest BCUT2D eigenvalue weighted by Gasteiger charge is 2.20. The van der Waals surface area contributed by atoms with Crippen molar-refractivity contribution in [3.05, 3.63) is 28.7 Å². The van der Waals surface area contributed by atoms with E-state index < -0.39 is 0 Å². The molecule has 1 N–H and O–H groups in total. The topological polar surface area (TPSA) is 24.5 Å². The molecule has 4 heteroatoms. The molecule has 0 spiro atoms. The van der Waals surface area contributed by atoms with Gasteiger partial charge >= 0.3 is 0 Å². The lowest BCUT2D eigenvalue weighted by atomic mass is 10.1. The SMILES string of the molecule is CN(CCOc1cccc(Br)c1)C1CNC1. The molecule has 88 valence electrons. The van der Waals surface area contributed by atoms with Gasteiger partial charge in [-0.3, -0.25) is 4.90 Å². The summed E-state index contributed by atoms with van der Waals surface area (Å²) in [4.78, 5) is 2.34. The van der Waals surface area contributed by atoms with Crippen molar-refractivity contribution in [2.24, 2.45) is 0 Å². The Labute approximate surface area is 105 Å². The van der Waals surface area contributed by atoms with E-state index in [1.807, 2.05) is 24.3 Å². The van der Waals surface area contributed by atoms with Gasteiger partial charge in [0.15, 0.2) is 0 Å². The summed E-state index contributed by atoms with van der Waals surface area (Å²) < 4.78 is 6.74. The van der Waals surface area contributed by atoms with Gasteiger partial charge in [-0.2, -0.15) is 0 Å². The molecule has 1 aromatic rings. The first-order valence-electron chi connectivity index (χ1n) is 5.55. The Morgan fingerprint density at radius 2 is 2.31 bits per heavy atom. The van der Waals surface area contributed by atoms with Gasteiger partial charge in [0, 0.05) is 30.1 Å². The van der Waals surface area contributed by atoms with Gasteiger partial charge in [0.1, 0.15) is 12.4 Å². The van der Waals surface area contributed by atoms with E-state index in [1.165, 1.54) is 0 Å². The molecular formula is C12H17BrN2O. The van der Waals surface area contributed by atoms with Crippen molar-refractivity contribution in [2.45, 2.75) is 6.04 Å². The zero-order valence-electron chi connectivity index (χ0n) is 9.45. The van der Waals surface area contributed by atoms with Crippen molar-refractivity contribution in [2.75, 3.05) is 33.3 Å². The first kappa shape index (κ1) is 11.9. The van der Waals surface area contributed by atoms with E-state index in [-0.39, 0.29) is 0 Å². The van der Waals surface area contributed by atoms with E-state index in [1.54, 1.807) is 0 Å². The Hall–Kier alpha value is -0.580. The third kappa shape index (κ3) is 3.20. The Kier molecular flexibility index (Phi) is 4.21. The van der Waals surface area contributed by atoms with Crippen LogP contribution in [0.15, 0.2) is 28.7 Å². The number of halogens is 1. The lowest BCUT2D eigenvalue weighted by molar-refractivity contribution is 0.151. The van der Waals surface area contributed by atoms with Crippen molar-refractivity contribution >= 4 is 15.9 Å². The Morgan fingerprint density at radius 3 is 2.94 bits per heavy atom. The maximum atomic E-state index is 5.68. The van der Waals surface area contributed by atoms with E-state index in [9.17, 15) is 0 Å². The number of hydrogen-bond acceptors (Lipinski definition) is 3. The molecule has 0 aromatic heterocycles. The molecule has 0 saturated carbocycles. The molecule has 1 heterocycles. The van der Waals surface area contributed by atoms with Gasteiger partial charge in [0.05, 0.1) is 0 Å². The molecule has 1 aliphatic rings. The minimum absolute atomic E-state index is 0.686. The van der Waals surface area contributed by atoms with Crippen LogP contribution < -0.4 is 10.1 Å². The Bertz CT molecular complexity index is 342. The van der Waals surface area contributed by atoms with Crippen LogP contribution in [0.1, 0.15) is 0 Å². The normalized spacial score (nSPS) is 16.2. The van der Waals surface area contributed by atoms with Gasteiger partial charge in [-0.05, 0) is 25.2 Å². The maximum absolute atomic E-state index is 5.68. The molecule has 0 radical (unpaired) electrons. The number of rotatable bonds is 5. The van der Waals surface area contributed by atoms with E-state index in [2.05, 4.69) is 33.2 Å². The second-order valence-corrected chi connectivity index (χ2v) is 5.01. The van der Waals surface area contributed by atoms with Crippen LogP contribution in [-0.2, 0) is 0 Å². The number of nitrogens with one attached hydrogen (secondary N) is 1. The molecule has 1 aromatic carbocycles. The maximum Gasteiger partial charge on any atom is 0.120 e. The molecule has 0 unspecified atom stereocenters. The van der Waals surface area contributed by atoms with Crippen molar-refractivity contribution in [3.8, 4) is 5.75 Å². The van der Waals surface area contributed by atoms with Crippen LogP contribution in [-0.4, -0.2) is 44.2 Å². The summed E-state index contributed by atoms with van der Waals surface area (Å²) >= 11 is 3.43. The summed E-state index contributed by atoms with van der Waals surface area (Å²) in [6.07, 6.45) is 0. The van der Waals surface area contributed by atoms with Gasteiger partial charge in [-0.1, -0.05) is 22.0 Å². The highest BCUT2D eigenvalue weighted by molar-refractivity contribution is 9.10. The molecule has 0 atom stereocenters. The standard InChI is InChI=1S/C12H17BrN2O/c1-15(11-8-14-9-11)5-6-16-12-4-2-3-10(13)7-12/h2-4,7,11,14H,5-6,8-9H2,1H3. The van der Waals surface area contributed by atoms with Crippen molar-refractivity contribution in [3.63, 3.8) is 0 Å². The van der Waals surface area contributed by atoms with Crippen LogP contribution in [0.3, 0.4) is 0 Å². The monoisotopic (exact) mass is 284 g/mol. The summed E-state index contributed by atoms with van der Waals surface area (Å²) in [5.41, 5.74) is 0. The van der Waals surface area contributed by atoms with Crippen LogP contribution >= 0.6 is 15.9 Å². The van der Waals surface area contributed by atoms with Crippen LogP contribution in [0.4, 0.5) is 0 Å². The first-order valence-corrected chi connectivity index (χ1v) is 6.34. The first-order chi connectivity index (χ1) is 7.75. The van der Waals surface area contributed by atoms with Crippen LogP contribution in [0.5, 0.6) is 5.75 Å². The Morgan fingerprint density at radius 1 is 1.50 bits per heavy atom. The fraction of sp³-hybridized carbons (Fsp3) is 0.500. The summed E-state index contributed by atoms with van der Waals surface area (Å²) in [7, 11) is 2.15. The highest BCUT2D eigenvalue weighted by Crippen LogP contribution is 2.17. The molecule has 1 aliphatic heterocycles. The average Bonchev–Trinajstić information content (AvgIpc) is 2.15. The minimum Gasteiger partial charge on any atom is -0.492 e. The van der Waals surface area contributed by atoms with E-state index in [4.69, 9.17) is 4.74 Å². The van der Waals surface area contributed by atoms with Crippen molar-refractivity contribution in [1.29, 1.82) is 0 Å². The molecule has 16 heavy (non-hydrogen) atoms. The summed E-state index contributed by atoms with van der Waals surface area (Å²) in [6.45, 7) is 3.92. The zero-order chi connectivity index (χ0) is 11.4.